The van der Waals surface area contributed by atoms with Crippen molar-refractivity contribution in [3.05, 3.63) is 70.5 Å². The molecule has 156 valence electrons. The first-order valence-corrected chi connectivity index (χ1v) is 10.1. The molecule has 1 aliphatic heterocycles. The second-order valence-corrected chi connectivity index (χ2v) is 7.60. The van der Waals surface area contributed by atoms with E-state index in [0.717, 1.165) is 37.8 Å². The summed E-state index contributed by atoms with van der Waals surface area (Å²) in [6.45, 7) is 8.88. The summed E-state index contributed by atoms with van der Waals surface area (Å²) in [4.78, 5) is 6.72. The molecule has 0 bridgehead atoms. The molecule has 0 spiro atoms. The van der Waals surface area contributed by atoms with E-state index in [2.05, 4.69) is 51.7 Å². The fourth-order valence-corrected chi connectivity index (χ4v) is 3.54. The molecule has 1 fully saturated rings. The Labute approximate surface area is 173 Å². The Morgan fingerprint density at radius 1 is 1.14 bits per heavy atom. The summed E-state index contributed by atoms with van der Waals surface area (Å²) >= 11 is 0. The van der Waals surface area contributed by atoms with E-state index >= 15 is 0 Å². The molecule has 1 unspecified atom stereocenters. The lowest BCUT2D eigenvalue weighted by molar-refractivity contribution is -0.0212. The van der Waals surface area contributed by atoms with E-state index in [9.17, 15) is 4.39 Å². The molecule has 1 saturated heterocycles. The summed E-state index contributed by atoms with van der Waals surface area (Å²) in [6.07, 6.45) is 0.299. The Hall–Kier alpha value is -2.44. The summed E-state index contributed by atoms with van der Waals surface area (Å²) in [5.41, 5.74) is 4.19. The van der Waals surface area contributed by atoms with Gasteiger partial charge in [-0.2, -0.15) is 0 Å². The van der Waals surface area contributed by atoms with Crippen LogP contribution in [-0.4, -0.2) is 43.7 Å². The number of hydrogen-bond acceptors (Lipinski definition) is 3. The lowest BCUT2D eigenvalue weighted by atomic mass is 10.1. The SMILES string of the molecule is CN=C(NCc1cccc(CN2CCOC(C)C2)c1)NCc1ccc(F)c(C)c1. The van der Waals surface area contributed by atoms with Gasteiger partial charge in [0, 0.05) is 39.8 Å². The summed E-state index contributed by atoms with van der Waals surface area (Å²) in [6, 6.07) is 13.8. The standard InChI is InChI=1S/C23H31FN4O/c1-17-11-20(7-8-22(17)24)14-27-23(25-3)26-13-19-5-4-6-21(12-19)16-28-9-10-29-18(2)15-28/h4-8,11-12,18H,9-10,13-16H2,1-3H3,(H2,25,26,27). The van der Waals surface area contributed by atoms with E-state index in [-0.39, 0.29) is 5.82 Å². The van der Waals surface area contributed by atoms with Crippen LogP contribution in [0, 0.1) is 12.7 Å². The minimum Gasteiger partial charge on any atom is -0.376 e. The molecule has 0 saturated carbocycles. The predicted molar refractivity (Wildman–Crippen MR) is 115 cm³/mol. The van der Waals surface area contributed by atoms with Crippen LogP contribution in [0.3, 0.4) is 0 Å². The summed E-state index contributed by atoms with van der Waals surface area (Å²) in [5, 5.41) is 6.63. The number of aryl methyl sites for hydroxylation is 1. The fraction of sp³-hybridized carbons (Fsp3) is 0.435. The number of ether oxygens (including phenoxy) is 1. The molecule has 0 radical (unpaired) electrons. The van der Waals surface area contributed by atoms with E-state index in [4.69, 9.17) is 4.74 Å². The number of rotatable bonds is 6. The van der Waals surface area contributed by atoms with Crippen LogP contribution in [0.2, 0.25) is 0 Å². The van der Waals surface area contributed by atoms with E-state index in [0.29, 0.717) is 24.8 Å². The lowest BCUT2D eigenvalue weighted by Crippen LogP contribution is -2.40. The molecule has 5 nitrogen and oxygen atoms in total. The zero-order chi connectivity index (χ0) is 20.6. The molecule has 0 aliphatic carbocycles. The van der Waals surface area contributed by atoms with Gasteiger partial charge in [-0.15, -0.1) is 0 Å². The molecule has 2 aromatic carbocycles. The number of nitrogens with zero attached hydrogens (tertiary/aromatic N) is 2. The zero-order valence-electron chi connectivity index (χ0n) is 17.5. The molecule has 1 heterocycles. The molecule has 1 atom stereocenters. The molecule has 29 heavy (non-hydrogen) atoms. The largest absolute Gasteiger partial charge is 0.376 e. The maximum Gasteiger partial charge on any atom is 0.191 e. The lowest BCUT2D eigenvalue weighted by Gasteiger charge is -2.31. The highest BCUT2D eigenvalue weighted by Crippen LogP contribution is 2.12. The van der Waals surface area contributed by atoms with E-state index < -0.39 is 0 Å². The predicted octanol–water partition coefficient (Wildman–Crippen LogP) is 3.22. The van der Waals surface area contributed by atoms with Gasteiger partial charge in [0.15, 0.2) is 5.96 Å². The number of hydrogen-bond donors (Lipinski definition) is 2. The van der Waals surface area contributed by atoms with Crippen molar-refractivity contribution in [2.75, 3.05) is 26.7 Å². The van der Waals surface area contributed by atoms with Crippen LogP contribution in [-0.2, 0) is 24.4 Å². The average Bonchev–Trinajstić information content (AvgIpc) is 2.71. The Morgan fingerprint density at radius 3 is 2.55 bits per heavy atom. The summed E-state index contributed by atoms with van der Waals surface area (Å²) < 4.78 is 19.0. The number of morpholine rings is 1. The van der Waals surface area contributed by atoms with Crippen molar-refractivity contribution in [3.63, 3.8) is 0 Å². The van der Waals surface area contributed by atoms with Gasteiger partial charge in [0.2, 0.25) is 0 Å². The van der Waals surface area contributed by atoms with Crippen molar-refractivity contribution < 1.29 is 9.13 Å². The molecular weight excluding hydrogens is 367 g/mol. The van der Waals surface area contributed by atoms with Gasteiger partial charge in [-0.1, -0.05) is 36.4 Å². The van der Waals surface area contributed by atoms with Crippen LogP contribution in [0.15, 0.2) is 47.5 Å². The Balaban J connectivity index is 1.50. The molecular formula is C23H31FN4O. The third-order valence-corrected chi connectivity index (χ3v) is 5.09. The quantitative estimate of drug-likeness (QED) is 0.580. The van der Waals surface area contributed by atoms with Crippen LogP contribution in [0.5, 0.6) is 0 Å². The first-order chi connectivity index (χ1) is 14.0. The highest BCUT2D eigenvalue weighted by molar-refractivity contribution is 5.79. The van der Waals surface area contributed by atoms with E-state index in [1.807, 2.05) is 6.07 Å². The molecule has 2 N–H and O–H groups in total. The number of nitrogens with one attached hydrogen (secondary N) is 2. The first kappa shape index (κ1) is 21.3. The molecule has 3 rings (SSSR count). The van der Waals surface area contributed by atoms with Crippen molar-refractivity contribution in [2.45, 2.75) is 39.6 Å². The second kappa shape index (κ2) is 10.4. The maximum atomic E-state index is 13.4. The van der Waals surface area contributed by atoms with Gasteiger partial charge in [0.05, 0.1) is 12.7 Å². The van der Waals surface area contributed by atoms with Gasteiger partial charge in [-0.3, -0.25) is 9.89 Å². The smallest absolute Gasteiger partial charge is 0.191 e. The molecule has 2 aromatic rings. The van der Waals surface area contributed by atoms with Gasteiger partial charge in [0.25, 0.3) is 0 Å². The molecule has 1 aliphatic rings. The molecule has 0 aromatic heterocycles. The Kier molecular flexibility index (Phi) is 7.61. The zero-order valence-corrected chi connectivity index (χ0v) is 17.5. The second-order valence-electron chi connectivity index (χ2n) is 7.60. The van der Waals surface area contributed by atoms with Gasteiger partial charge < -0.3 is 15.4 Å². The van der Waals surface area contributed by atoms with Crippen LogP contribution in [0.25, 0.3) is 0 Å². The molecule has 0 amide bonds. The first-order valence-electron chi connectivity index (χ1n) is 10.1. The average molecular weight is 399 g/mol. The monoisotopic (exact) mass is 398 g/mol. The Morgan fingerprint density at radius 2 is 1.86 bits per heavy atom. The van der Waals surface area contributed by atoms with Gasteiger partial charge in [0.1, 0.15) is 5.82 Å². The number of guanidine groups is 1. The van der Waals surface area contributed by atoms with Gasteiger partial charge in [-0.25, -0.2) is 4.39 Å². The van der Waals surface area contributed by atoms with Crippen LogP contribution < -0.4 is 10.6 Å². The minimum atomic E-state index is -0.178. The van der Waals surface area contributed by atoms with E-state index in [1.165, 1.54) is 17.2 Å². The van der Waals surface area contributed by atoms with Crippen molar-refractivity contribution in [3.8, 4) is 0 Å². The third kappa shape index (κ3) is 6.54. The third-order valence-electron chi connectivity index (χ3n) is 5.09. The molecule has 6 heteroatoms. The van der Waals surface area contributed by atoms with Crippen LogP contribution in [0.1, 0.15) is 29.2 Å². The van der Waals surface area contributed by atoms with Crippen molar-refractivity contribution in [1.82, 2.24) is 15.5 Å². The Bertz CT molecular complexity index is 839. The van der Waals surface area contributed by atoms with Crippen LogP contribution >= 0.6 is 0 Å². The van der Waals surface area contributed by atoms with Crippen molar-refractivity contribution >= 4 is 5.96 Å². The minimum absolute atomic E-state index is 0.178. The number of benzene rings is 2. The number of aliphatic imine (C=N–C) groups is 1. The van der Waals surface area contributed by atoms with Crippen LogP contribution in [0.4, 0.5) is 4.39 Å². The maximum absolute atomic E-state index is 13.4. The van der Waals surface area contributed by atoms with Crippen molar-refractivity contribution in [2.24, 2.45) is 4.99 Å². The van der Waals surface area contributed by atoms with Gasteiger partial charge in [-0.05, 0) is 42.2 Å². The van der Waals surface area contributed by atoms with Gasteiger partial charge >= 0.3 is 0 Å². The number of halogens is 1. The summed E-state index contributed by atoms with van der Waals surface area (Å²) in [7, 11) is 1.75. The fourth-order valence-electron chi connectivity index (χ4n) is 3.54. The normalized spacial score (nSPS) is 17.9. The summed E-state index contributed by atoms with van der Waals surface area (Å²) in [5.74, 6) is 0.544. The highest BCUT2D eigenvalue weighted by atomic mass is 19.1. The van der Waals surface area contributed by atoms with E-state index in [1.54, 1.807) is 20.0 Å². The van der Waals surface area contributed by atoms with Crippen molar-refractivity contribution in [1.29, 1.82) is 0 Å². The topological polar surface area (TPSA) is 48.9 Å². The highest BCUT2D eigenvalue weighted by Gasteiger charge is 2.16.